The van der Waals surface area contributed by atoms with Crippen LogP contribution in [0.25, 0.3) is 0 Å². The molecule has 0 bridgehead atoms. The molecule has 0 spiro atoms. The van der Waals surface area contributed by atoms with Gasteiger partial charge in [-0.3, -0.25) is 9.78 Å². The Morgan fingerprint density at radius 2 is 2.21 bits per heavy atom. The van der Waals surface area contributed by atoms with E-state index in [9.17, 15) is 9.18 Å². The number of carbonyl (C=O) groups excluding carboxylic acids is 1. The Bertz CT molecular complexity index is 572. The molecule has 0 amide bonds. The average Bonchev–Trinajstić information content (AvgIpc) is 2.43. The molecule has 2 rings (SSSR count). The second-order valence-corrected chi connectivity index (χ2v) is 4.12. The van der Waals surface area contributed by atoms with Crippen molar-refractivity contribution in [1.82, 2.24) is 10.3 Å². The van der Waals surface area contributed by atoms with Crippen molar-refractivity contribution in [2.75, 3.05) is 12.3 Å². The Morgan fingerprint density at radius 3 is 2.89 bits per heavy atom. The highest BCUT2D eigenvalue weighted by Gasteiger charge is 2.07. The number of carbonyl (C=O) groups is 1. The van der Waals surface area contributed by atoms with Gasteiger partial charge in [-0.2, -0.15) is 0 Å². The lowest BCUT2D eigenvalue weighted by Crippen LogP contribution is -2.22. The predicted octanol–water partition coefficient (Wildman–Crippen LogP) is 1.78. The molecule has 0 aliphatic heterocycles. The molecule has 19 heavy (non-hydrogen) atoms. The van der Waals surface area contributed by atoms with Crippen molar-refractivity contribution in [3.8, 4) is 0 Å². The summed E-state index contributed by atoms with van der Waals surface area (Å²) in [5.74, 6) is -0.643. The number of hydrogen-bond acceptors (Lipinski definition) is 4. The number of nitrogens with one attached hydrogen (secondary N) is 1. The summed E-state index contributed by atoms with van der Waals surface area (Å²) in [6.45, 7) is 0.718. The Morgan fingerprint density at radius 1 is 1.37 bits per heavy atom. The Balaban J connectivity index is 1.89. The minimum atomic E-state index is -0.514. The highest BCUT2D eigenvalue weighted by molar-refractivity contribution is 5.98. The van der Waals surface area contributed by atoms with Gasteiger partial charge in [0.1, 0.15) is 5.82 Å². The van der Waals surface area contributed by atoms with Crippen LogP contribution in [0.5, 0.6) is 0 Å². The van der Waals surface area contributed by atoms with Crippen molar-refractivity contribution in [3.63, 3.8) is 0 Å². The van der Waals surface area contributed by atoms with E-state index in [0.29, 0.717) is 12.1 Å². The van der Waals surface area contributed by atoms with Crippen molar-refractivity contribution in [2.24, 2.45) is 0 Å². The zero-order valence-electron chi connectivity index (χ0n) is 10.3. The summed E-state index contributed by atoms with van der Waals surface area (Å²) >= 11 is 0. The fourth-order valence-electron chi connectivity index (χ4n) is 1.64. The smallest absolute Gasteiger partial charge is 0.176 e. The fourth-order valence-corrected chi connectivity index (χ4v) is 1.64. The quantitative estimate of drug-likeness (QED) is 0.634. The third kappa shape index (κ3) is 3.59. The third-order valence-electron chi connectivity index (χ3n) is 2.66. The van der Waals surface area contributed by atoms with E-state index < -0.39 is 5.82 Å². The summed E-state index contributed by atoms with van der Waals surface area (Å²) < 4.78 is 13.0. The lowest BCUT2D eigenvalue weighted by atomic mass is 10.1. The molecule has 2 aromatic rings. The number of halogens is 1. The van der Waals surface area contributed by atoms with E-state index >= 15 is 0 Å². The number of benzene rings is 1. The maximum absolute atomic E-state index is 13.0. The number of nitrogens with two attached hydrogens (primary N) is 1. The van der Waals surface area contributed by atoms with Gasteiger partial charge in [0.2, 0.25) is 0 Å². The van der Waals surface area contributed by atoms with Gasteiger partial charge in [0.25, 0.3) is 0 Å². The van der Waals surface area contributed by atoms with E-state index in [0.717, 1.165) is 5.56 Å². The first-order valence-corrected chi connectivity index (χ1v) is 5.84. The van der Waals surface area contributed by atoms with Gasteiger partial charge < -0.3 is 11.1 Å². The van der Waals surface area contributed by atoms with E-state index in [1.54, 1.807) is 12.4 Å². The Hall–Kier alpha value is -2.27. The summed E-state index contributed by atoms with van der Waals surface area (Å²) in [5, 5.41) is 3.01. The predicted molar refractivity (Wildman–Crippen MR) is 71.1 cm³/mol. The highest BCUT2D eigenvalue weighted by Crippen LogP contribution is 2.12. The second-order valence-electron chi connectivity index (χ2n) is 4.12. The Labute approximate surface area is 110 Å². The zero-order valence-corrected chi connectivity index (χ0v) is 10.3. The van der Waals surface area contributed by atoms with Crippen LogP contribution in [0.15, 0.2) is 42.7 Å². The lowest BCUT2D eigenvalue weighted by Gasteiger charge is -2.05. The average molecular weight is 259 g/mol. The van der Waals surface area contributed by atoms with E-state index in [2.05, 4.69) is 10.3 Å². The molecule has 0 aliphatic rings. The maximum Gasteiger partial charge on any atom is 0.176 e. The van der Waals surface area contributed by atoms with Gasteiger partial charge in [-0.1, -0.05) is 6.07 Å². The lowest BCUT2D eigenvalue weighted by molar-refractivity contribution is 0.0991. The van der Waals surface area contributed by atoms with Gasteiger partial charge in [-0.15, -0.1) is 0 Å². The molecule has 1 heterocycles. The summed E-state index contributed by atoms with van der Waals surface area (Å²) in [6, 6.07) is 7.73. The summed E-state index contributed by atoms with van der Waals surface area (Å²) in [4.78, 5) is 15.8. The van der Waals surface area contributed by atoms with Crippen LogP contribution in [0.3, 0.4) is 0 Å². The summed E-state index contributed by atoms with van der Waals surface area (Å²) in [6.07, 6.45) is 3.42. The van der Waals surface area contributed by atoms with Crippen LogP contribution in [0.1, 0.15) is 15.9 Å². The maximum atomic E-state index is 13.0. The van der Waals surface area contributed by atoms with Crippen molar-refractivity contribution in [2.45, 2.75) is 6.54 Å². The van der Waals surface area contributed by atoms with Crippen molar-refractivity contribution in [1.29, 1.82) is 0 Å². The molecule has 0 fully saturated rings. The number of nitrogen functional groups attached to an aromatic ring is 1. The molecule has 4 nitrogen and oxygen atoms in total. The molecular formula is C14H14FN3O. The van der Waals surface area contributed by atoms with Crippen LogP contribution in [0, 0.1) is 5.82 Å². The minimum Gasteiger partial charge on any atom is -0.396 e. The molecule has 0 atom stereocenters. The molecule has 3 N–H and O–H groups in total. The number of pyridine rings is 1. The van der Waals surface area contributed by atoms with Gasteiger partial charge in [0.15, 0.2) is 5.78 Å². The number of aromatic nitrogens is 1. The van der Waals surface area contributed by atoms with Gasteiger partial charge in [-0.05, 0) is 29.8 Å². The van der Waals surface area contributed by atoms with E-state index in [-0.39, 0.29) is 18.0 Å². The molecule has 5 heteroatoms. The standard InChI is InChI=1S/C14H14FN3O/c15-12-4-3-11(6-13(12)16)14(19)9-18-8-10-2-1-5-17-7-10/h1-7,18H,8-9,16H2. The van der Waals surface area contributed by atoms with Crippen LogP contribution < -0.4 is 11.1 Å². The van der Waals surface area contributed by atoms with Crippen molar-refractivity contribution in [3.05, 3.63) is 59.7 Å². The monoisotopic (exact) mass is 259 g/mol. The van der Waals surface area contributed by atoms with Gasteiger partial charge >= 0.3 is 0 Å². The van der Waals surface area contributed by atoms with Gasteiger partial charge in [0.05, 0.1) is 12.2 Å². The molecule has 0 aliphatic carbocycles. The number of hydrogen-bond donors (Lipinski definition) is 2. The number of rotatable bonds is 5. The second kappa shape index (κ2) is 6.06. The highest BCUT2D eigenvalue weighted by atomic mass is 19.1. The van der Waals surface area contributed by atoms with Crippen LogP contribution in [0.2, 0.25) is 0 Å². The van der Waals surface area contributed by atoms with Gasteiger partial charge in [0, 0.05) is 24.5 Å². The normalized spacial score (nSPS) is 10.4. The molecule has 1 aromatic heterocycles. The summed E-state index contributed by atoms with van der Waals surface area (Å²) in [7, 11) is 0. The molecule has 0 saturated heterocycles. The Kier molecular flexibility index (Phi) is 4.20. The SMILES string of the molecule is Nc1cc(C(=O)CNCc2cccnc2)ccc1F. The molecular weight excluding hydrogens is 245 g/mol. The minimum absolute atomic E-state index is 0.0156. The number of anilines is 1. The van der Waals surface area contributed by atoms with Crippen LogP contribution in [0.4, 0.5) is 10.1 Å². The molecule has 0 radical (unpaired) electrons. The van der Waals surface area contributed by atoms with E-state index in [1.807, 2.05) is 12.1 Å². The first-order valence-electron chi connectivity index (χ1n) is 5.84. The van der Waals surface area contributed by atoms with E-state index in [1.165, 1.54) is 18.2 Å². The summed E-state index contributed by atoms with van der Waals surface area (Å²) in [5.41, 5.74) is 6.80. The van der Waals surface area contributed by atoms with E-state index in [4.69, 9.17) is 5.73 Å². The molecule has 98 valence electrons. The van der Waals surface area contributed by atoms with Crippen molar-refractivity contribution >= 4 is 11.5 Å². The first-order chi connectivity index (χ1) is 9.16. The molecule has 0 saturated carbocycles. The van der Waals surface area contributed by atoms with Crippen LogP contribution >= 0.6 is 0 Å². The fraction of sp³-hybridized carbons (Fsp3) is 0.143. The van der Waals surface area contributed by atoms with Crippen LogP contribution in [-0.2, 0) is 6.54 Å². The number of ketones is 1. The third-order valence-corrected chi connectivity index (χ3v) is 2.66. The molecule has 1 aromatic carbocycles. The molecule has 0 unspecified atom stereocenters. The van der Waals surface area contributed by atoms with Crippen LogP contribution in [-0.4, -0.2) is 17.3 Å². The number of nitrogens with zero attached hydrogens (tertiary/aromatic N) is 1. The number of Topliss-reactive ketones (excluding diaryl/α,β-unsaturated/α-hetero) is 1. The topological polar surface area (TPSA) is 68.0 Å². The van der Waals surface area contributed by atoms with Gasteiger partial charge in [-0.25, -0.2) is 4.39 Å². The van der Waals surface area contributed by atoms with Crippen molar-refractivity contribution < 1.29 is 9.18 Å². The first kappa shape index (κ1) is 13.2. The largest absolute Gasteiger partial charge is 0.396 e. The zero-order chi connectivity index (χ0) is 13.7.